The Balaban J connectivity index is 1.18. The average Bonchev–Trinajstić information content (AvgIpc) is 3.23. The Kier molecular flexibility index (Phi) is 7.94. The predicted octanol–water partition coefficient (Wildman–Crippen LogP) is 5.16. The van der Waals surface area contributed by atoms with Gasteiger partial charge in [0.15, 0.2) is 0 Å². The zero-order chi connectivity index (χ0) is 25.6. The number of aromatic nitrogens is 1. The summed E-state index contributed by atoms with van der Waals surface area (Å²) < 4.78 is 13.2. The summed E-state index contributed by atoms with van der Waals surface area (Å²) in [7, 11) is 0. The highest BCUT2D eigenvalue weighted by Crippen LogP contribution is 2.33. The van der Waals surface area contributed by atoms with Crippen LogP contribution in [0.2, 0.25) is 0 Å². The lowest BCUT2D eigenvalue weighted by molar-refractivity contribution is 0.0858. The van der Waals surface area contributed by atoms with Crippen LogP contribution in [-0.4, -0.2) is 34.4 Å². The number of hydrogen-bond acceptors (Lipinski definition) is 5. The van der Waals surface area contributed by atoms with Gasteiger partial charge in [0.1, 0.15) is 0 Å². The molecule has 5 rings (SSSR count). The summed E-state index contributed by atoms with van der Waals surface area (Å²) in [5.74, 6) is 0.0918. The van der Waals surface area contributed by atoms with Gasteiger partial charge >= 0.3 is 0 Å². The molecule has 1 amide bonds. The molecule has 1 aliphatic rings. The molecule has 0 spiro atoms. The first-order valence-corrected chi connectivity index (χ1v) is 13.3. The highest BCUT2D eigenvalue weighted by atomic mass is 32.2. The fourth-order valence-corrected chi connectivity index (χ4v) is 5.34. The molecule has 4 aromatic rings. The summed E-state index contributed by atoms with van der Waals surface area (Å²) in [5, 5.41) is 17.8. The summed E-state index contributed by atoms with van der Waals surface area (Å²) in [4.78, 5) is 16.9. The van der Waals surface area contributed by atoms with Gasteiger partial charge in [-0.2, -0.15) is 4.39 Å². The van der Waals surface area contributed by atoms with Gasteiger partial charge in [-0.25, -0.2) is 4.98 Å². The molecule has 0 saturated carbocycles. The van der Waals surface area contributed by atoms with Crippen molar-refractivity contribution in [3.8, 4) is 11.1 Å². The molecule has 7 heteroatoms. The van der Waals surface area contributed by atoms with Crippen LogP contribution in [0.5, 0.6) is 0 Å². The first kappa shape index (κ1) is 25.1. The number of amides is 1. The lowest BCUT2D eigenvalue weighted by Crippen LogP contribution is -2.33. The number of carbonyl (C=O) groups excluding carboxylic acids is 1. The molecule has 5 nitrogen and oxygen atoms in total. The SMILES string of the molecule is O=C(N[C@@H]1c2cc(CNCCSc3cccc(F)n3)ccc2C[C@H]1O)c1ccc(-c2ccccc2)cc1. The molecular formula is C30H28FN3O2S. The van der Waals surface area contributed by atoms with E-state index in [4.69, 9.17) is 0 Å². The first-order valence-electron chi connectivity index (χ1n) is 12.3. The third-order valence-electron chi connectivity index (χ3n) is 6.45. The minimum absolute atomic E-state index is 0.206. The van der Waals surface area contributed by atoms with Crippen LogP contribution in [0.3, 0.4) is 0 Å². The molecule has 37 heavy (non-hydrogen) atoms. The molecule has 1 aliphatic carbocycles. The summed E-state index contributed by atoms with van der Waals surface area (Å²) in [6, 6.07) is 28.0. The Hall–Kier alpha value is -3.52. The monoisotopic (exact) mass is 513 g/mol. The number of aliphatic hydroxyl groups is 1. The Morgan fingerprint density at radius 3 is 2.54 bits per heavy atom. The van der Waals surface area contributed by atoms with Crippen LogP contribution in [0, 0.1) is 5.95 Å². The van der Waals surface area contributed by atoms with Crippen molar-refractivity contribution in [2.45, 2.75) is 30.1 Å². The predicted molar refractivity (Wildman–Crippen MR) is 145 cm³/mol. The summed E-state index contributed by atoms with van der Waals surface area (Å²) in [6.45, 7) is 1.39. The van der Waals surface area contributed by atoms with E-state index in [1.807, 2.05) is 66.7 Å². The molecule has 0 bridgehead atoms. The molecule has 0 radical (unpaired) electrons. The van der Waals surface area contributed by atoms with E-state index in [9.17, 15) is 14.3 Å². The number of hydrogen-bond donors (Lipinski definition) is 3. The number of benzene rings is 3. The first-order chi connectivity index (χ1) is 18.1. The second-order valence-corrected chi connectivity index (χ2v) is 10.1. The molecule has 0 saturated heterocycles. The number of nitrogens with zero attached hydrogens (tertiary/aromatic N) is 1. The Bertz CT molecular complexity index is 1370. The molecule has 1 heterocycles. The largest absolute Gasteiger partial charge is 0.390 e. The highest BCUT2D eigenvalue weighted by Gasteiger charge is 2.32. The maximum Gasteiger partial charge on any atom is 0.251 e. The van der Waals surface area contributed by atoms with Crippen molar-refractivity contribution in [3.05, 3.63) is 119 Å². The number of aliphatic hydroxyl groups excluding tert-OH is 1. The quantitative estimate of drug-likeness (QED) is 0.164. The molecule has 0 unspecified atom stereocenters. The number of pyridine rings is 1. The van der Waals surface area contributed by atoms with Crippen molar-refractivity contribution < 1.29 is 14.3 Å². The van der Waals surface area contributed by atoms with E-state index in [1.165, 1.54) is 17.8 Å². The van der Waals surface area contributed by atoms with E-state index in [0.717, 1.165) is 40.1 Å². The van der Waals surface area contributed by atoms with Gasteiger partial charge < -0.3 is 15.7 Å². The van der Waals surface area contributed by atoms with Crippen molar-refractivity contribution in [2.75, 3.05) is 12.3 Å². The second kappa shape index (κ2) is 11.7. The number of carbonyl (C=O) groups is 1. The number of nitrogens with one attached hydrogen (secondary N) is 2. The lowest BCUT2D eigenvalue weighted by Gasteiger charge is -2.19. The molecule has 2 atom stereocenters. The Labute approximate surface area is 220 Å². The zero-order valence-corrected chi connectivity index (χ0v) is 21.0. The number of thioether (sulfide) groups is 1. The van der Waals surface area contributed by atoms with E-state index in [2.05, 4.69) is 21.7 Å². The van der Waals surface area contributed by atoms with E-state index in [-0.39, 0.29) is 5.91 Å². The highest BCUT2D eigenvalue weighted by molar-refractivity contribution is 7.99. The van der Waals surface area contributed by atoms with Gasteiger partial charge in [-0.05, 0) is 52.1 Å². The van der Waals surface area contributed by atoms with Crippen LogP contribution in [0.25, 0.3) is 11.1 Å². The molecular weight excluding hydrogens is 485 g/mol. The van der Waals surface area contributed by atoms with Crippen LogP contribution >= 0.6 is 11.8 Å². The summed E-state index contributed by atoms with van der Waals surface area (Å²) >= 11 is 1.50. The number of rotatable bonds is 9. The van der Waals surface area contributed by atoms with E-state index < -0.39 is 18.1 Å². The molecule has 3 aromatic carbocycles. The van der Waals surface area contributed by atoms with Gasteiger partial charge in [-0.1, -0.05) is 66.7 Å². The fourth-order valence-electron chi connectivity index (χ4n) is 4.55. The molecule has 188 valence electrons. The van der Waals surface area contributed by atoms with Crippen LogP contribution in [-0.2, 0) is 13.0 Å². The summed E-state index contributed by atoms with van der Waals surface area (Å²) in [5.41, 5.74) is 5.79. The topological polar surface area (TPSA) is 74.2 Å². The van der Waals surface area contributed by atoms with Gasteiger partial charge in [0.2, 0.25) is 5.95 Å². The van der Waals surface area contributed by atoms with Gasteiger partial charge in [0, 0.05) is 30.8 Å². The molecule has 0 fully saturated rings. The van der Waals surface area contributed by atoms with Crippen LogP contribution in [0.4, 0.5) is 4.39 Å². The number of fused-ring (bicyclic) bond motifs is 1. The summed E-state index contributed by atoms with van der Waals surface area (Å²) in [6.07, 6.45) is -0.154. The van der Waals surface area contributed by atoms with Crippen LogP contribution < -0.4 is 10.6 Å². The normalized spacial score (nSPS) is 16.4. The standard InChI is InChI=1S/C30H28FN3O2S/c31-27-7-4-8-28(33-27)37-16-15-32-19-20-9-10-24-18-26(35)29(25(24)17-20)34-30(36)23-13-11-22(12-14-23)21-5-2-1-3-6-21/h1-14,17,26,29,32,35H,15-16,18-19H2,(H,34,36)/t26-,29-/m1/s1. The van der Waals surface area contributed by atoms with Crippen molar-refractivity contribution in [1.82, 2.24) is 15.6 Å². The molecule has 3 N–H and O–H groups in total. The van der Waals surface area contributed by atoms with Crippen LogP contribution in [0.1, 0.15) is 33.1 Å². The van der Waals surface area contributed by atoms with Crippen molar-refractivity contribution in [1.29, 1.82) is 0 Å². The zero-order valence-electron chi connectivity index (χ0n) is 20.2. The van der Waals surface area contributed by atoms with E-state index >= 15 is 0 Å². The fraction of sp³-hybridized carbons (Fsp3) is 0.200. The molecule has 0 aliphatic heterocycles. The average molecular weight is 514 g/mol. The minimum Gasteiger partial charge on any atom is -0.390 e. The third kappa shape index (κ3) is 6.25. The maximum atomic E-state index is 13.2. The van der Waals surface area contributed by atoms with Crippen molar-refractivity contribution >= 4 is 17.7 Å². The third-order valence-corrected chi connectivity index (χ3v) is 7.38. The van der Waals surface area contributed by atoms with E-state index in [1.54, 1.807) is 12.1 Å². The van der Waals surface area contributed by atoms with Crippen LogP contribution in [0.15, 0.2) is 96.0 Å². The maximum absolute atomic E-state index is 13.2. The number of halogens is 1. The van der Waals surface area contributed by atoms with Crippen molar-refractivity contribution in [2.24, 2.45) is 0 Å². The van der Waals surface area contributed by atoms with Gasteiger partial charge in [-0.3, -0.25) is 4.79 Å². The Morgan fingerprint density at radius 1 is 0.973 bits per heavy atom. The van der Waals surface area contributed by atoms with Gasteiger partial charge in [-0.15, -0.1) is 11.8 Å². The van der Waals surface area contributed by atoms with Gasteiger partial charge in [0.05, 0.1) is 17.2 Å². The lowest BCUT2D eigenvalue weighted by atomic mass is 10.0. The second-order valence-electron chi connectivity index (χ2n) is 9.02. The Morgan fingerprint density at radius 2 is 1.76 bits per heavy atom. The van der Waals surface area contributed by atoms with E-state index in [0.29, 0.717) is 23.6 Å². The van der Waals surface area contributed by atoms with Gasteiger partial charge in [0.25, 0.3) is 5.91 Å². The smallest absolute Gasteiger partial charge is 0.251 e. The molecule has 1 aromatic heterocycles. The minimum atomic E-state index is -0.666. The van der Waals surface area contributed by atoms with Crippen molar-refractivity contribution in [3.63, 3.8) is 0 Å².